The van der Waals surface area contributed by atoms with E-state index in [-0.39, 0.29) is 17.1 Å². The summed E-state index contributed by atoms with van der Waals surface area (Å²) in [6, 6.07) is 4.81. The fourth-order valence-electron chi connectivity index (χ4n) is 2.13. The number of benzene rings is 1. The zero-order valence-electron chi connectivity index (χ0n) is 11.9. The molecule has 120 valence electrons. The molecule has 1 heterocycles. The van der Waals surface area contributed by atoms with Gasteiger partial charge < -0.3 is 10.1 Å². The number of hydrogen-bond donors (Lipinski definition) is 1. The van der Waals surface area contributed by atoms with E-state index >= 15 is 0 Å². The van der Waals surface area contributed by atoms with Gasteiger partial charge in [0.15, 0.2) is 15.9 Å². The van der Waals surface area contributed by atoms with Crippen molar-refractivity contribution in [3.63, 3.8) is 0 Å². The first kappa shape index (κ1) is 16.4. The highest BCUT2D eigenvalue weighted by atomic mass is 32.2. The molecule has 2 rings (SSSR count). The SMILES string of the molecule is C[C@@H](OC(=O)c1ccccc1F)C(=O)N[C@H]1CCS(=O)(=O)C1. The lowest BCUT2D eigenvalue weighted by atomic mass is 10.2. The van der Waals surface area contributed by atoms with Crippen LogP contribution in [0.25, 0.3) is 0 Å². The molecule has 1 aliphatic rings. The third-order valence-corrected chi connectivity index (χ3v) is 5.09. The first-order valence-corrected chi connectivity index (χ1v) is 8.57. The van der Waals surface area contributed by atoms with Gasteiger partial charge in [0, 0.05) is 6.04 Å². The van der Waals surface area contributed by atoms with Gasteiger partial charge in [0.2, 0.25) is 0 Å². The standard InChI is InChI=1S/C14H16FNO5S/c1-9(13(17)16-10-6-7-22(19,20)8-10)21-14(18)11-4-2-3-5-12(11)15/h2-5,9-10H,6-8H2,1H3,(H,16,17)/t9-,10+/m1/s1. The van der Waals surface area contributed by atoms with Crippen molar-refractivity contribution >= 4 is 21.7 Å². The molecule has 0 bridgehead atoms. The van der Waals surface area contributed by atoms with Gasteiger partial charge in [-0.05, 0) is 25.5 Å². The smallest absolute Gasteiger partial charge is 0.341 e. The summed E-state index contributed by atoms with van der Waals surface area (Å²) in [6.07, 6.45) is -0.808. The van der Waals surface area contributed by atoms with Crippen LogP contribution in [0.5, 0.6) is 0 Å². The number of hydrogen-bond acceptors (Lipinski definition) is 5. The summed E-state index contributed by atoms with van der Waals surface area (Å²) in [5.41, 5.74) is -0.259. The number of carbonyl (C=O) groups is 2. The Hall–Kier alpha value is -1.96. The van der Waals surface area contributed by atoms with Crippen molar-refractivity contribution in [3.05, 3.63) is 35.6 Å². The Morgan fingerprint density at radius 1 is 1.36 bits per heavy atom. The van der Waals surface area contributed by atoms with E-state index in [2.05, 4.69) is 5.32 Å². The summed E-state index contributed by atoms with van der Waals surface area (Å²) >= 11 is 0. The van der Waals surface area contributed by atoms with Gasteiger partial charge in [0.05, 0.1) is 17.1 Å². The van der Waals surface area contributed by atoms with Crippen molar-refractivity contribution in [1.82, 2.24) is 5.32 Å². The molecule has 0 spiro atoms. The highest BCUT2D eigenvalue weighted by Crippen LogP contribution is 2.13. The minimum atomic E-state index is -3.11. The van der Waals surface area contributed by atoms with Crippen LogP contribution in [-0.4, -0.2) is 43.9 Å². The molecular formula is C14H16FNO5S. The first-order valence-electron chi connectivity index (χ1n) is 6.75. The predicted octanol–water partition coefficient (Wildman–Crippen LogP) is 0.674. The van der Waals surface area contributed by atoms with Crippen LogP contribution < -0.4 is 5.32 Å². The number of esters is 1. The normalized spacial score (nSPS) is 21.1. The Morgan fingerprint density at radius 2 is 2.05 bits per heavy atom. The Bertz CT molecular complexity index is 688. The van der Waals surface area contributed by atoms with Crippen LogP contribution in [0.3, 0.4) is 0 Å². The Kier molecular flexibility index (Phi) is 4.80. The summed E-state index contributed by atoms with van der Waals surface area (Å²) in [7, 11) is -3.11. The molecule has 1 aromatic rings. The molecule has 0 saturated carbocycles. The highest BCUT2D eigenvalue weighted by Gasteiger charge is 2.31. The minimum Gasteiger partial charge on any atom is -0.449 e. The minimum absolute atomic E-state index is 0.0291. The molecule has 1 aliphatic heterocycles. The maximum absolute atomic E-state index is 13.4. The summed E-state index contributed by atoms with van der Waals surface area (Å²) in [5.74, 6) is -2.37. The summed E-state index contributed by atoms with van der Waals surface area (Å²) in [4.78, 5) is 23.7. The molecule has 1 amide bonds. The summed E-state index contributed by atoms with van der Waals surface area (Å²) in [6.45, 7) is 1.34. The van der Waals surface area contributed by atoms with Crippen LogP contribution in [0.2, 0.25) is 0 Å². The molecule has 1 fully saturated rings. The van der Waals surface area contributed by atoms with Crippen molar-refractivity contribution in [3.8, 4) is 0 Å². The van der Waals surface area contributed by atoms with Crippen LogP contribution in [0.15, 0.2) is 24.3 Å². The number of carbonyl (C=O) groups excluding carboxylic acids is 2. The van der Waals surface area contributed by atoms with Crippen LogP contribution in [0.1, 0.15) is 23.7 Å². The van der Waals surface area contributed by atoms with Gasteiger partial charge in [-0.1, -0.05) is 12.1 Å². The number of rotatable bonds is 4. The number of halogens is 1. The number of sulfone groups is 1. The lowest BCUT2D eigenvalue weighted by Gasteiger charge is -2.16. The number of ether oxygens (including phenoxy) is 1. The zero-order chi connectivity index (χ0) is 16.3. The monoisotopic (exact) mass is 329 g/mol. The third-order valence-electron chi connectivity index (χ3n) is 3.33. The lowest BCUT2D eigenvalue weighted by Crippen LogP contribution is -2.42. The Balaban J connectivity index is 1.92. The average molecular weight is 329 g/mol. The average Bonchev–Trinajstić information content (AvgIpc) is 2.78. The van der Waals surface area contributed by atoms with Gasteiger partial charge >= 0.3 is 5.97 Å². The Morgan fingerprint density at radius 3 is 2.64 bits per heavy atom. The Labute approximate surface area is 127 Å². The van der Waals surface area contributed by atoms with E-state index in [0.29, 0.717) is 6.42 Å². The maximum atomic E-state index is 13.4. The van der Waals surface area contributed by atoms with E-state index in [1.165, 1.54) is 25.1 Å². The van der Waals surface area contributed by atoms with Gasteiger partial charge in [-0.3, -0.25) is 4.79 Å². The van der Waals surface area contributed by atoms with Gasteiger partial charge in [-0.25, -0.2) is 17.6 Å². The fourth-order valence-corrected chi connectivity index (χ4v) is 3.81. The topological polar surface area (TPSA) is 89.5 Å². The molecule has 0 radical (unpaired) electrons. The molecule has 2 atom stereocenters. The second-order valence-electron chi connectivity index (χ2n) is 5.14. The molecule has 1 saturated heterocycles. The largest absolute Gasteiger partial charge is 0.449 e. The summed E-state index contributed by atoms with van der Waals surface area (Å²) in [5, 5.41) is 2.52. The molecule has 22 heavy (non-hydrogen) atoms. The van der Waals surface area contributed by atoms with Crippen LogP contribution >= 0.6 is 0 Å². The van der Waals surface area contributed by atoms with Crippen molar-refractivity contribution in [1.29, 1.82) is 0 Å². The number of nitrogens with one attached hydrogen (secondary N) is 1. The van der Waals surface area contributed by atoms with Gasteiger partial charge in [0.1, 0.15) is 5.82 Å². The maximum Gasteiger partial charge on any atom is 0.341 e. The number of amides is 1. The molecule has 1 aromatic carbocycles. The van der Waals surface area contributed by atoms with Crippen LogP contribution in [-0.2, 0) is 19.4 Å². The van der Waals surface area contributed by atoms with Gasteiger partial charge in [0.25, 0.3) is 5.91 Å². The molecular weight excluding hydrogens is 313 g/mol. The van der Waals surface area contributed by atoms with Gasteiger partial charge in [-0.15, -0.1) is 0 Å². The first-order chi connectivity index (χ1) is 10.3. The van der Waals surface area contributed by atoms with E-state index in [1.807, 2.05) is 0 Å². The molecule has 1 N–H and O–H groups in total. The van der Waals surface area contributed by atoms with E-state index in [9.17, 15) is 22.4 Å². The molecule has 0 aliphatic carbocycles. The van der Waals surface area contributed by atoms with E-state index in [1.54, 1.807) is 0 Å². The van der Waals surface area contributed by atoms with Crippen LogP contribution in [0.4, 0.5) is 4.39 Å². The second-order valence-corrected chi connectivity index (χ2v) is 7.36. The molecule has 0 unspecified atom stereocenters. The van der Waals surface area contributed by atoms with E-state index in [0.717, 1.165) is 6.07 Å². The lowest BCUT2D eigenvalue weighted by molar-refractivity contribution is -0.129. The zero-order valence-corrected chi connectivity index (χ0v) is 12.7. The van der Waals surface area contributed by atoms with E-state index < -0.39 is 39.7 Å². The fraction of sp³-hybridized carbons (Fsp3) is 0.429. The van der Waals surface area contributed by atoms with Gasteiger partial charge in [-0.2, -0.15) is 0 Å². The second kappa shape index (κ2) is 6.43. The van der Waals surface area contributed by atoms with Crippen molar-refractivity contribution in [2.45, 2.75) is 25.5 Å². The molecule has 0 aromatic heterocycles. The van der Waals surface area contributed by atoms with E-state index in [4.69, 9.17) is 4.74 Å². The van der Waals surface area contributed by atoms with Crippen LogP contribution in [0, 0.1) is 5.82 Å². The quantitative estimate of drug-likeness (QED) is 0.820. The third kappa shape index (κ3) is 4.03. The van der Waals surface area contributed by atoms with Crippen molar-refractivity contribution in [2.75, 3.05) is 11.5 Å². The van der Waals surface area contributed by atoms with Crippen molar-refractivity contribution in [2.24, 2.45) is 0 Å². The highest BCUT2D eigenvalue weighted by molar-refractivity contribution is 7.91. The van der Waals surface area contributed by atoms with Crippen molar-refractivity contribution < 1.29 is 27.1 Å². The molecule has 8 heteroatoms. The predicted molar refractivity (Wildman–Crippen MR) is 76.5 cm³/mol. The molecule has 6 nitrogen and oxygen atoms in total. The summed E-state index contributed by atoms with van der Waals surface area (Å²) < 4.78 is 41.0.